The molecule has 1 saturated carbocycles. The molecule has 1 heterocycles. The number of carboxylic acid groups (broad SMARTS) is 1. The number of carbonyl (C=O) groups excluding carboxylic acids is 1. The monoisotopic (exact) mass is 335 g/mol. The first kappa shape index (κ1) is 15.4. The highest BCUT2D eigenvalue weighted by Crippen LogP contribution is 2.60. The molecule has 0 radical (unpaired) electrons. The van der Waals surface area contributed by atoms with Crippen molar-refractivity contribution in [3.8, 4) is 0 Å². The van der Waals surface area contributed by atoms with Crippen molar-refractivity contribution in [1.82, 2.24) is 0 Å². The highest BCUT2D eigenvalue weighted by molar-refractivity contribution is 5.97. The zero-order chi connectivity index (χ0) is 17.8. The molecular weight excluding hydrogens is 318 g/mol. The second-order valence-corrected chi connectivity index (χ2v) is 6.58. The zero-order valence-corrected chi connectivity index (χ0v) is 13.7. The largest absolute Gasteiger partial charge is 0.475 e. The minimum absolute atomic E-state index is 0.0369. The maximum Gasteiger partial charge on any atom is 0.372 e. The third kappa shape index (κ3) is 2.16. The predicted octanol–water partition coefficient (Wildman–Crippen LogP) is 3.35. The number of hydrogen-bond acceptors (Lipinski definition) is 3. The molecule has 0 unspecified atom stereocenters. The van der Waals surface area contributed by atoms with E-state index in [9.17, 15) is 14.7 Å². The fourth-order valence-corrected chi connectivity index (χ4v) is 3.79. The number of primary amides is 1. The Kier molecular flexibility index (Phi) is 3.22. The second kappa shape index (κ2) is 5.21. The van der Waals surface area contributed by atoms with Crippen molar-refractivity contribution >= 4 is 22.8 Å². The minimum atomic E-state index is -1.10. The van der Waals surface area contributed by atoms with Gasteiger partial charge in [0, 0.05) is 16.9 Å². The van der Waals surface area contributed by atoms with E-state index in [2.05, 4.69) is 0 Å². The maximum atomic E-state index is 12.3. The molecule has 126 valence electrons. The predicted molar refractivity (Wildman–Crippen MR) is 92.6 cm³/mol. The average Bonchev–Trinajstić information content (AvgIpc) is 3.29. The summed E-state index contributed by atoms with van der Waals surface area (Å²) in [4.78, 5) is 23.6. The summed E-state index contributed by atoms with van der Waals surface area (Å²) in [5, 5.41) is 9.92. The zero-order valence-electron chi connectivity index (χ0n) is 13.7. The fraction of sp³-hybridized carbons (Fsp3) is 0.200. The highest BCUT2D eigenvalue weighted by atomic mass is 16.4. The Morgan fingerprint density at radius 3 is 2.56 bits per heavy atom. The molecule has 5 heteroatoms. The number of fused-ring (bicyclic) bond motifs is 1. The van der Waals surface area contributed by atoms with Crippen LogP contribution >= 0.6 is 0 Å². The van der Waals surface area contributed by atoms with Crippen molar-refractivity contribution in [3.05, 3.63) is 71.0 Å². The summed E-state index contributed by atoms with van der Waals surface area (Å²) in [6.07, 6.45) is 0.653. The molecule has 5 nitrogen and oxygen atoms in total. The van der Waals surface area contributed by atoms with Gasteiger partial charge in [-0.2, -0.15) is 0 Å². The van der Waals surface area contributed by atoms with Crippen LogP contribution in [-0.4, -0.2) is 17.0 Å². The molecule has 0 saturated heterocycles. The summed E-state index contributed by atoms with van der Waals surface area (Å²) < 4.78 is 5.40. The van der Waals surface area contributed by atoms with Gasteiger partial charge in [0.2, 0.25) is 11.7 Å². The average molecular weight is 335 g/mol. The topological polar surface area (TPSA) is 93.5 Å². The van der Waals surface area contributed by atoms with Crippen molar-refractivity contribution in [1.29, 1.82) is 0 Å². The lowest BCUT2D eigenvalue weighted by Crippen LogP contribution is -2.30. The van der Waals surface area contributed by atoms with Crippen LogP contribution in [0, 0.1) is 6.92 Å². The second-order valence-electron chi connectivity index (χ2n) is 6.58. The number of aryl methyl sites for hydroxylation is 1. The lowest BCUT2D eigenvalue weighted by Gasteiger charge is -2.14. The first-order valence-electron chi connectivity index (χ1n) is 8.07. The van der Waals surface area contributed by atoms with Gasteiger partial charge in [0.15, 0.2) is 0 Å². The fourth-order valence-electron chi connectivity index (χ4n) is 3.79. The third-order valence-electron chi connectivity index (χ3n) is 5.25. The lowest BCUT2D eigenvalue weighted by atomic mass is 9.89. The van der Waals surface area contributed by atoms with Crippen LogP contribution in [0.5, 0.6) is 0 Å². The number of nitrogens with two attached hydrogens (primary N) is 1. The number of hydrogen-bond donors (Lipinski definition) is 2. The van der Waals surface area contributed by atoms with E-state index in [0.717, 1.165) is 11.1 Å². The number of aromatic carboxylic acids is 1. The number of amides is 1. The van der Waals surface area contributed by atoms with Crippen LogP contribution in [0.3, 0.4) is 0 Å². The van der Waals surface area contributed by atoms with Gasteiger partial charge < -0.3 is 15.3 Å². The van der Waals surface area contributed by atoms with Crippen molar-refractivity contribution in [2.24, 2.45) is 5.73 Å². The number of rotatable bonds is 4. The van der Waals surface area contributed by atoms with E-state index in [4.69, 9.17) is 10.2 Å². The Morgan fingerprint density at radius 2 is 1.92 bits per heavy atom. The van der Waals surface area contributed by atoms with Crippen LogP contribution in [0.2, 0.25) is 0 Å². The molecule has 2 aromatic carbocycles. The van der Waals surface area contributed by atoms with Crippen LogP contribution in [0.25, 0.3) is 11.0 Å². The Hall–Kier alpha value is -3.08. The number of carboxylic acids is 1. The summed E-state index contributed by atoms with van der Waals surface area (Å²) >= 11 is 0. The summed E-state index contributed by atoms with van der Waals surface area (Å²) in [7, 11) is 0. The molecule has 3 aromatic rings. The van der Waals surface area contributed by atoms with Crippen LogP contribution in [0.1, 0.15) is 39.6 Å². The number of carbonyl (C=O) groups is 2. The Labute approximate surface area is 144 Å². The molecule has 1 aromatic heterocycles. The van der Waals surface area contributed by atoms with E-state index in [1.807, 2.05) is 42.5 Å². The molecular formula is C20H17NO4. The van der Waals surface area contributed by atoms with Crippen LogP contribution < -0.4 is 5.73 Å². The van der Waals surface area contributed by atoms with Gasteiger partial charge in [0.25, 0.3) is 0 Å². The molecule has 2 atom stereocenters. The molecule has 0 bridgehead atoms. The van der Waals surface area contributed by atoms with Crippen LogP contribution in [0.4, 0.5) is 0 Å². The van der Waals surface area contributed by atoms with Gasteiger partial charge in [-0.15, -0.1) is 0 Å². The molecule has 1 amide bonds. The first-order chi connectivity index (χ1) is 11.9. The van der Waals surface area contributed by atoms with Crippen LogP contribution in [0.15, 0.2) is 52.9 Å². The maximum absolute atomic E-state index is 12.3. The summed E-state index contributed by atoms with van der Waals surface area (Å²) in [6, 6.07) is 15.2. The van der Waals surface area contributed by atoms with Gasteiger partial charge in [0.05, 0.1) is 5.41 Å². The van der Waals surface area contributed by atoms with E-state index >= 15 is 0 Å². The minimum Gasteiger partial charge on any atom is -0.475 e. The SMILES string of the molecule is Cc1c(C(=O)O)oc2ccc([C@]3(C(N)=O)C[C@@H]3c3ccccc3)cc12. The van der Waals surface area contributed by atoms with E-state index in [1.54, 1.807) is 13.0 Å². The van der Waals surface area contributed by atoms with Gasteiger partial charge in [-0.1, -0.05) is 36.4 Å². The smallest absolute Gasteiger partial charge is 0.372 e. The van der Waals surface area contributed by atoms with Gasteiger partial charge >= 0.3 is 5.97 Å². The molecule has 1 fully saturated rings. The Bertz CT molecular complexity index is 1010. The van der Waals surface area contributed by atoms with E-state index in [1.165, 1.54) is 0 Å². The number of benzene rings is 2. The summed E-state index contributed by atoms with van der Waals surface area (Å²) in [5.74, 6) is -1.50. The van der Waals surface area contributed by atoms with Crippen molar-refractivity contribution in [3.63, 3.8) is 0 Å². The van der Waals surface area contributed by atoms with E-state index in [0.29, 0.717) is 23.0 Å². The molecule has 3 N–H and O–H groups in total. The summed E-state index contributed by atoms with van der Waals surface area (Å²) in [5.41, 5.74) is 7.96. The normalized spacial score (nSPS) is 22.0. The van der Waals surface area contributed by atoms with Gasteiger partial charge in [-0.05, 0) is 36.6 Å². The van der Waals surface area contributed by atoms with Gasteiger partial charge in [0.1, 0.15) is 5.58 Å². The Morgan fingerprint density at radius 1 is 1.20 bits per heavy atom. The third-order valence-corrected chi connectivity index (χ3v) is 5.25. The van der Waals surface area contributed by atoms with E-state index in [-0.39, 0.29) is 17.6 Å². The molecule has 1 aliphatic rings. The molecule has 4 rings (SSSR count). The van der Waals surface area contributed by atoms with E-state index < -0.39 is 11.4 Å². The summed E-state index contributed by atoms with van der Waals surface area (Å²) in [6.45, 7) is 1.71. The van der Waals surface area contributed by atoms with Crippen molar-refractivity contribution in [2.75, 3.05) is 0 Å². The molecule has 1 aliphatic carbocycles. The Balaban J connectivity index is 1.83. The van der Waals surface area contributed by atoms with Gasteiger partial charge in [-0.25, -0.2) is 4.79 Å². The van der Waals surface area contributed by atoms with Crippen LogP contribution in [-0.2, 0) is 10.2 Å². The number of furan rings is 1. The van der Waals surface area contributed by atoms with Gasteiger partial charge in [-0.3, -0.25) is 4.79 Å². The lowest BCUT2D eigenvalue weighted by molar-refractivity contribution is -0.120. The molecule has 0 aliphatic heterocycles. The van der Waals surface area contributed by atoms with Crippen molar-refractivity contribution < 1.29 is 19.1 Å². The first-order valence-corrected chi connectivity index (χ1v) is 8.07. The highest BCUT2D eigenvalue weighted by Gasteiger charge is 2.60. The van der Waals surface area contributed by atoms with Crippen molar-refractivity contribution in [2.45, 2.75) is 24.7 Å². The quantitative estimate of drug-likeness (QED) is 0.764. The molecule has 0 spiro atoms. The molecule has 25 heavy (non-hydrogen) atoms. The standard InChI is InChI=1S/C20H17NO4/c1-11-14-9-13(7-8-16(14)25-17(11)18(22)23)20(19(21)24)10-15(20)12-5-3-2-4-6-12/h2-9,15H,10H2,1H3,(H2,21,24)(H,22,23)/t15-,20-/m1/s1.